The van der Waals surface area contributed by atoms with E-state index in [0.29, 0.717) is 0 Å². The van der Waals surface area contributed by atoms with Gasteiger partial charge >= 0.3 is 5.97 Å². The normalized spacial score (nSPS) is 19.3. The second-order valence-corrected chi connectivity index (χ2v) is 4.27. The van der Waals surface area contributed by atoms with Gasteiger partial charge in [0.2, 0.25) is 5.43 Å². The minimum atomic E-state index is -3.32. The van der Waals surface area contributed by atoms with Gasteiger partial charge in [-0.15, -0.1) is 0 Å². The minimum absolute atomic E-state index is 0.197. The van der Waals surface area contributed by atoms with E-state index in [0.717, 1.165) is 0 Å². The Bertz CT molecular complexity index is 1350. The number of hydrogen-bond acceptors (Lipinski definition) is 3. The van der Waals surface area contributed by atoms with Gasteiger partial charge < -0.3 is 9.52 Å². The van der Waals surface area contributed by atoms with Gasteiger partial charge in [0, 0.05) is 12.4 Å². The SMILES string of the molecule is [2H]c1c([2H])c([2H])c2c(=O)c3c([2H])c([2H])c(C)c(C([2H])([2H])[2H])c3oc2c1C([2H])([2H])C(=O)O. The van der Waals surface area contributed by atoms with E-state index in [1.54, 1.807) is 0 Å². The Morgan fingerprint density at radius 3 is 2.81 bits per heavy atom. The van der Waals surface area contributed by atoms with Crippen LogP contribution in [0.2, 0.25) is 0 Å². The summed E-state index contributed by atoms with van der Waals surface area (Å²) in [5.41, 5.74) is -4.56. The third-order valence-electron chi connectivity index (χ3n) is 2.92. The van der Waals surface area contributed by atoms with Crippen molar-refractivity contribution in [3.05, 3.63) is 57.1 Å². The van der Waals surface area contributed by atoms with Crippen molar-refractivity contribution in [3.8, 4) is 0 Å². The molecule has 4 heteroatoms. The molecule has 0 saturated carbocycles. The summed E-state index contributed by atoms with van der Waals surface area (Å²) in [5.74, 6) is -2.06. The fraction of sp³-hybridized carbons (Fsp3) is 0.176. The summed E-state index contributed by atoms with van der Waals surface area (Å²) >= 11 is 0. The quantitative estimate of drug-likeness (QED) is 0.737. The van der Waals surface area contributed by atoms with Gasteiger partial charge in [-0.1, -0.05) is 18.1 Å². The number of hydrogen-bond donors (Lipinski definition) is 1. The molecule has 106 valence electrons. The molecule has 0 atom stereocenters. The number of carboxylic acids is 1. The van der Waals surface area contributed by atoms with Gasteiger partial charge in [-0.3, -0.25) is 9.59 Å². The molecule has 0 bridgehead atoms. The maximum absolute atomic E-state index is 13.2. The molecular weight excluding hydrogens is 268 g/mol. The Labute approximate surface area is 134 Å². The molecule has 0 spiro atoms. The van der Waals surface area contributed by atoms with E-state index in [1.165, 1.54) is 6.92 Å². The van der Waals surface area contributed by atoms with Crippen LogP contribution in [0.25, 0.3) is 21.9 Å². The number of rotatable bonds is 2. The standard InChI is InChI=1S/C17H14O4/c1-9-6-7-13-15(20)12-5-3-4-11(8-14(18)19)17(12)21-16(13)10(9)2/h3-7H,8H2,1-2H3,(H,18,19)/i2D3,3D,4D,5D,6D,7D,8D2. The van der Waals surface area contributed by atoms with Crippen molar-refractivity contribution >= 4 is 27.9 Å². The molecule has 2 aromatic carbocycles. The van der Waals surface area contributed by atoms with Gasteiger partial charge in [0.1, 0.15) is 11.2 Å². The first-order valence-electron chi connectivity index (χ1n) is 10.8. The van der Waals surface area contributed by atoms with E-state index in [2.05, 4.69) is 0 Å². The third kappa shape index (κ3) is 2.09. The van der Waals surface area contributed by atoms with Crippen LogP contribution in [0.5, 0.6) is 0 Å². The van der Waals surface area contributed by atoms with Crippen LogP contribution in [0, 0.1) is 13.8 Å². The van der Waals surface area contributed by atoms with E-state index < -0.39 is 87.9 Å². The molecule has 4 nitrogen and oxygen atoms in total. The number of benzene rings is 2. The number of para-hydroxylation sites is 1. The first kappa shape index (κ1) is 6.02. The lowest BCUT2D eigenvalue weighted by atomic mass is 10.0. The molecule has 0 radical (unpaired) electrons. The Morgan fingerprint density at radius 2 is 2.10 bits per heavy atom. The Balaban J connectivity index is 2.82. The number of carboxylic acid groups (broad SMARTS) is 1. The predicted molar refractivity (Wildman–Crippen MR) is 80.8 cm³/mol. The summed E-state index contributed by atoms with van der Waals surface area (Å²) in [6, 6.07) is -4.09. The highest BCUT2D eigenvalue weighted by molar-refractivity contribution is 5.93. The Morgan fingerprint density at radius 1 is 1.33 bits per heavy atom. The first-order chi connectivity index (χ1) is 14.0. The topological polar surface area (TPSA) is 67.5 Å². The highest BCUT2D eigenvalue weighted by Gasteiger charge is 2.14. The van der Waals surface area contributed by atoms with Crippen LogP contribution in [0.3, 0.4) is 0 Å². The average Bonchev–Trinajstić information content (AvgIpc) is 2.62. The number of fused-ring (bicyclic) bond motifs is 2. The largest absolute Gasteiger partial charge is 0.481 e. The third-order valence-corrected chi connectivity index (χ3v) is 2.92. The van der Waals surface area contributed by atoms with Crippen LogP contribution in [0.4, 0.5) is 0 Å². The number of carbonyl (C=O) groups is 1. The lowest BCUT2D eigenvalue weighted by molar-refractivity contribution is -0.136. The van der Waals surface area contributed by atoms with Gasteiger partial charge in [-0.2, -0.15) is 0 Å². The molecular formula is C17H14O4. The summed E-state index contributed by atoms with van der Waals surface area (Å²) in [6.45, 7) is -1.70. The molecule has 21 heavy (non-hydrogen) atoms. The lowest BCUT2D eigenvalue weighted by Crippen LogP contribution is -2.06. The fourth-order valence-electron chi connectivity index (χ4n) is 1.91. The molecule has 1 N–H and O–H groups in total. The van der Waals surface area contributed by atoms with E-state index in [4.69, 9.17) is 18.1 Å². The van der Waals surface area contributed by atoms with Crippen molar-refractivity contribution in [1.29, 1.82) is 0 Å². The zero-order chi connectivity index (χ0) is 23.8. The summed E-state index contributed by atoms with van der Waals surface area (Å²) in [4.78, 5) is 24.7. The molecule has 1 aromatic heterocycles. The van der Waals surface area contributed by atoms with E-state index in [-0.39, 0.29) is 5.56 Å². The van der Waals surface area contributed by atoms with E-state index >= 15 is 0 Å². The molecule has 0 aliphatic heterocycles. The van der Waals surface area contributed by atoms with Gasteiger partial charge in [-0.25, -0.2) is 0 Å². The molecule has 0 saturated heterocycles. The molecule has 1 heterocycles. The first-order valence-corrected chi connectivity index (χ1v) is 5.79. The number of aryl methyl sites for hydroxylation is 1. The van der Waals surface area contributed by atoms with Gasteiger partial charge in [0.05, 0.1) is 24.0 Å². The molecule has 3 aromatic rings. The molecule has 0 amide bonds. The summed E-state index contributed by atoms with van der Waals surface area (Å²) in [7, 11) is 0. The molecule has 3 rings (SSSR count). The van der Waals surface area contributed by atoms with Crippen molar-refractivity contribution < 1.29 is 28.0 Å². The summed E-state index contributed by atoms with van der Waals surface area (Å²) in [5, 5.41) is 7.86. The van der Waals surface area contributed by atoms with Crippen LogP contribution in [-0.4, -0.2) is 11.1 Å². The Kier molecular flexibility index (Phi) is 1.36. The van der Waals surface area contributed by atoms with Crippen LogP contribution in [0.15, 0.2) is 39.4 Å². The highest BCUT2D eigenvalue weighted by atomic mass is 16.4. The summed E-state index contributed by atoms with van der Waals surface area (Å²) < 4.78 is 84.5. The monoisotopic (exact) mass is 292 g/mol. The molecule has 0 aliphatic rings. The minimum Gasteiger partial charge on any atom is -0.481 e. The van der Waals surface area contributed by atoms with E-state index in [1.807, 2.05) is 0 Å². The molecule has 0 fully saturated rings. The zero-order valence-electron chi connectivity index (χ0n) is 20.7. The van der Waals surface area contributed by atoms with Crippen molar-refractivity contribution in [3.63, 3.8) is 0 Å². The molecule has 0 unspecified atom stereocenters. The second kappa shape index (κ2) is 4.74. The smallest absolute Gasteiger partial charge is 0.307 e. The van der Waals surface area contributed by atoms with Crippen molar-refractivity contribution in [2.24, 2.45) is 0 Å². The van der Waals surface area contributed by atoms with Crippen molar-refractivity contribution in [1.82, 2.24) is 0 Å². The highest BCUT2D eigenvalue weighted by Crippen LogP contribution is 2.25. The summed E-state index contributed by atoms with van der Waals surface area (Å²) in [6.07, 6.45) is -3.32. The average molecular weight is 292 g/mol. The zero-order valence-corrected chi connectivity index (χ0v) is 10.7. The van der Waals surface area contributed by atoms with Gasteiger partial charge in [0.25, 0.3) is 0 Å². The Hall–Kier alpha value is -2.62. The number of aliphatic carboxylic acids is 1. The van der Waals surface area contributed by atoms with Crippen molar-refractivity contribution in [2.45, 2.75) is 20.1 Å². The fourth-order valence-corrected chi connectivity index (χ4v) is 1.91. The van der Waals surface area contributed by atoms with Crippen molar-refractivity contribution in [2.75, 3.05) is 0 Å². The maximum atomic E-state index is 13.2. The maximum Gasteiger partial charge on any atom is 0.307 e. The van der Waals surface area contributed by atoms with Crippen LogP contribution in [-0.2, 0) is 11.2 Å². The van der Waals surface area contributed by atoms with Crippen LogP contribution in [0.1, 0.15) is 30.4 Å². The van der Waals surface area contributed by atoms with Crippen LogP contribution < -0.4 is 5.43 Å². The van der Waals surface area contributed by atoms with E-state index in [9.17, 15) is 14.7 Å². The van der Waals surface area contributed by atoms with Crippen LogP contribution >= 0.6 is 0 Å². The van der Waals surface area contributed by atoms with Gasteiger partial charge in [-0.05, 0) is 37.0 Å². The van der Waals surface area contributed by atoms with Gasteiger partial charge in [0.15, 0.2) is 0 Å². The second-order valence-electron chi connectivity index (χ2n) is 4.27. The lowest BCUT2D eigenvalue weighted by Gasteiger charge is -2.08. The molecule has 0 aliphatic carbocycles. The predicted octanol–water partition coefficient (Wildman–Crippen LogP) is 3.19.